The van der Waals surface area contributed by atoms with Gasteiger partial charge in [0.2, 0.25) is 0 Å². The minimum Gasteiger partial charge on any atom is -0.475 e. The number of nitrogens with zero attached hydrogens (tertiary/aromatic N) is 1. The van der Waals surface area contributed by atoms with E-state index in [1.807, 2.05) is 18.2 Å². The number of hydrogen-bond donors (Lipinski definition) is 0. The maximum atomic E-state index is 6.05. The highest BCUT2D eigenvalue weighted by molar-refractivity contribution is 5.27. The van der Waals surface area contributed by atoms with Gasteiger partial charge in [0.15, 0.2) is 0 Å². The molecule has 0 aliphatic heterocycles. The third-order valence-corrected chi connectivity index (χ3v) is 3.45. The minimum atomic E-state index is 0.0574. The van der Waals surface area contributed by atoms with E-state index in [0.29, 0.717) is 0 Å². The van der Waals surface area contributed by atoms with E-state index in [1.54, 1.807) is 0 Å². The lowest BCUT2D eigenvalue weighted by molar-refractivity contribution is 0.0376. The van der Waals surface area contributed by atoms with Crippen LogP contribution in [0.4, 0.5) is 0 Å². The van der Waals surface area contributed by atoms with Gasteiger partial charge in [-0.1, -0.05) is 49.4 Å². The summed E-state index contributed by atoms with van der Waals surface area (Å²) in [5.74, 6) is 0.934. The van der Waals surface area contributed by atoms with Crippen LogP contribution in [-0.2, 0) is 6.54 Å². The Balaban J connectivity index is 2.00. The van der Waals surface area contributed by atoms with Crippen molar-refractivity contribution >= 4 is 0 Å². The number of ether oxygens (including phenoxy) is 1. The molecule has 0 aromatic heterocycles. The van der Waals surface area contributed by atoms with Gasteiger partial charge in [-0.2, -0.15) is 0 Å². The summed E-state index contributed by atoms with van der Waals surface area (Å²) in [7, 11) is 0. The zero-order valence-electron chi connectivity index (χ0n) is 12.5. The third kappa shape index (κ3) is 4.10. The summed E-state index contributed by atoms with van der Waals surface area (Å²) in [6.45, 7) is 8.22. The fourth-order valence-corrected chi connectivity index (χ4v) is 2.28. The van der Waals surface area contributed by atoms with Gasteiger partial charge >= 0.3 is 0 Å². The van der Waals surface area contributed by atoms with Gasteiger partial charge in [0, 0.05) is 6.54 Å². The molecule has 0 N–H and O–H groups in total. The first kappa shape index (κ1) is 14.6. The number of aryl methyl sites for hydroxylation is 1. The molecule has 106 valence electrons. The molecular formula is C18H23NO. The minimum absolute atomic E-state index is 0.0574. The molecule has 20 heavy (non-hydrogen) atoms. The van der Waals surface area contributed by atoms with Crippen molar-refractivity contribution in [2.75, 3.05) is 6.54 Å². The normalized spacial score (nSPS) is 12.4. The van der Waals surface area contributed by atoms with E-state index in [4.69, 9.17) is 4.74 Å². The van der Waals surface area contributed by atoms with Gasteiger partial charge in [0.05, 0.1) is 0 Å². The van der Waals surface area contributed by atoms with E-state index in [0.717, 1.165) is 18.8 Å². The van der Waals surface area contributed by atoms with Crippen LogP contribution in [0.25, 0.3) is 0 Å². The summed E-state index contributed by atoms with van der Waals surface area (Å²) in [6.07, 6.45) is 0.0574. The molecule has 1 unspecified atom stereocenters. The van der Waals surface area contributed by atoms with Crippen LogP contribution in [0.1, 0.15) is 25.0 Å². The Morgan fingerprint density at radius 2 is 1.80 bits per heavy atom. The first-order chi connectivity index (χ1) is 9.69. The second-order valence-electron chi connectivity index (χ2n) is 5.08. The number of benzene rings is 2. The maximum absolute atomic E-state index is 6.05. The van der Waals surface area contributed by atoms with E-state index in [-0.39, 0.29) is 6.23 Å². The second kappa shape index (κ2) is 7.11. The van der Waals surface area contributed by atoms with Crippen molar-refractivity contribution in [3.05, 3.63) is 65.7 Å². The molecule has 2 aromatic carbocycles. The van der Waals surface area contributed by atoms with Gasteiger partial charge in [0.25, 0.3) is 0 Å². The lowest BCUT2D eigenvalue weighted by Crippen LogP contribution is -2.36. The fourth-order valence-electron chi connectivity index (χ4n) is 2.28. The standard InChI is InChI=1S/C18H23NO/c1-4-19(14-17-10-6-5-7-11-17)16(3)20-18-12-8-9-15(2)13-18/h5-13,16H,4,14H2,1-3H3. The van der Waals surface area contributed by atoms with Crippen LogP contribution < -0.4 is 4.74 Å². The molecule has 0 heterocycles. The van der Waals surface area contributed by atoms with Crippen LogP contribution in [0, 0.1) is 6.92 Å². The molecule has 0 saturated heterocycles. The van der Waals surface area contributed by atoms with Gasteiger partial charge in [-0.05, 0) is 43.7 Å². The molecule has 2 aromatic rings. The van der Waals surface area contributed by atoms with Crippen LogP contribution in [0.15, 0.2) is 54.6 Å². The highest BCUT2D eigenvalue weighted by atomic mass is 16.5. The summed E-state index contributed by atoms with van der Waals surface area (Å²) in [6, 6.07) is 18.7. The largest absolute Gasteiger partial charge is 0.475 e. The van der Waals surface area contributed by atoms with Gasteiger partial charge in [-0.3, -0.25) is 4.90 Å². The lowest BCUT2D eigenvalue weighted by Gasteiger charge is -2.28. The predicted molar refractivity (Wildman–Crippen MR) is 83.8 cm³/mol. The number of rotatable bonds is 6. The van der Waals surface area contributed by atoms with Gasteiger partial charge in [0.1, 0.15) is 12.0 Å². The molecule has 0 saturated carbocycles. The Bertz CT molecular complexity index is 524. The average molecular weight is 269 g/mol. The molecule has 2 rings (SSSR count). The first-order valence-corrected chi connectivity index (χ1v) is 7.20. The fraction of sp³-hybridized carbons (Fsp3) is 0.333. The van der Waals surface area contributed by atoms with E-state index < -0.39 is 0 Å². The van der Waals surface area contributed by atoms with Crippen LogP contribution in [0.3, 0.4) is 0 Å². The Morgan fingerprint density at radius 3 is 2.45 bits per heavy atom. The first-order valence-electron chi connectivity index (χ1n) is 7.20. The Hall–Kier alpha value is -1.80. The Kier molecular flexibility index (Phi) is 5.19. The van der Waals surface area contributed by atoms with Crippen molar-refractivity contribution < 1.29 is 4.74 Å². The van der Waals surface area contributed by atoms with Crippen molar-refractivity contribution in [3.63, 3.8) is 0 Å². The smallest absolute Gasteiger partial charge is 0.150 e. The molecular weight excluding hydrogens is 246 g/mol. The van der Waals surface area contributed by atoms with Crippen LogP contribution >= 0.6 is 0 Å². The SMILES string of the molecule is CCN(Cc1ccccc1)C(C)Oc1cccc(C)c1. The summed E-state index contributed by atoms with van der Waals surface area (Å²) in [5.41, 5.74) is 2.54. The van der Waals surface area contributed by atoms with Crippen LogP contribution in [-0.4, -0.2) is 17.7 Å². The molecule has 2 nitrogen and oxygen atoms in total. The van der Waals surface area contributed by atoms with E-state index >= 15 is 0 Å². The zero-order valence-corrected chi connectivity index (χ0v) is 12.5. The summed E-state index contributed by atoms with van der Waals surface area (Å²) < 4.78 is 6.05. The van der Waals surface area contributed by atoms with Gasteiger partial charge < -0.3 is 4.74 Å². The molecule has 2 heteroatoms. The van der Waals surface area contributed by atoms with Crippen molar-refractivity contribution in [2.24, 2.45) is 0 Å². The summed E-state index contributed by atoms with van der Waals surface area (Å²) in [5, 5.41) is 0. The molecule has 0 aliphatic rings. The predicted octanol–water partition coefficient (Wildman–Crippen LogP) is 4.24. The maximum Gasteiger partial charge on any atom is 0.150 e. The molecule has 1 atom stereocenters. The van der Waals surface area contributed by atoms with Gasteiger partial charge in [-0.15, -0.1) is 0 Å². The Morgan fingerprint density at radius 1 is 1.05 bits per heavy atom. The van der Waals surface area contributed by atoms with E-state index in [2.05, 4.69) is 62.1 Å². The quantitative estimate of drug-likeness (QED) is 0.727. The summed E-state index contributed by atoms with van der Waals surface area (Å²) in [4.78, 5) is 2.32. The summed E-state index contributed by atoms with van der Waals surface area (Å²) >= 11 is 0. The highest BCUT2D eigenvalue weighted by Crippen LogP contribution is 2.17. The van der Waals surface area contributed by atoms with Crippen molar-refractivity contribution in [1.29, 1.82) is 0 Å². The molecule has 0 spiro atoms. The highest BCUT2D eigenvalue weighted by Gasteiger charge is 2.13. The van der Waals surface area contributed by atoms with Crippen molar-refractivity contribution in [3.8, 4) is 5.75 Å². The average Bonchev–Trinajstić information content (AvgIpc) is 2.45. The molecule has 0 aliphatic carbocycles. The van der Waals surface area contributed by atoms with Crippen molar-refractivity contribution in [2.45, 2.75) is 33.5 Å². The van der Waals surface area contributed by atoms with Gasteiger partial charge in [-0.25, -0.2) is 0 Å². The molecule has 0 radical (unpaired) electrons. The monoisotopic (exact) mass is 269 g/mol. The van der Waals surface area contributed by atoms with E-state index in [1.165, 1.54) is 11.1 Å². The van der Waals surface area contributed by atoms with Crippen LogP contribution in [0.2, 0.25) is 0 Å². The zero-order chi connectivity index (χ0) is 14.4. The topological polar surface area (TPSA) is 12.5 Å². The lowest BCUT2D eigenvalue weighted by atomic mass is 10.2. The Labute approximate surface area is 122 Å². The third-order valence-electron chi connectivity index (χ3n) is 3.45. The second-order valence-corrected chi connectivity index (χ2v) is 5.08. The molecule has 0 bridgehead atoms. The number of hydrogen-bond acceptors (Lipinski definition) is 2. The van der Waals surface area contributed by atoms with Crippen molar-refractivity contribution in [1.82, 2.24) is 4.90 Å². The molecule has 0 amide bonds. The van der Waals surface area contributed by atoms with E-state index in [9.17, 15) is 0 Å². The van der Waals surface area contributed by atoms with Crippen LogP contribution in [0.5, 0.6) is 5.75 Å². The molecule has 0 fully saturated rings.